The summed E-state index contributed by atoms with van der Waals surface area (Å²) in [7, 11) is 1.33. The molecule has 100 valence electrons. The van der Waals surface area contributed by atoms with Crippen LogP contribution in [0.2, 0.25) is 0 Å². The lowest BCUT2D eigenvalue weighted by Crippen LogP contribution is -2.21. The zero-order valence-corrected chi connectivity index (χ0v) is 11.1. The minimum absolute atomic E-state index is 0.0428. The average molecular weight is 253 g/mol. The molecule has 7 nitrogen and oxygen atoms in total. The summed E-state index contributed by atoms with van der Waals surface area (Å²) in [5.74, 6) is 6.63. The Hall–Kier alpha value is -1.89. The Labute approximate surface area is 106 Å². The van der Waals surface area contributed by atoms with Gasteiger partial charge in [0.05, 0.1) is 7.11 Å². The fourth-order valence-electron chi connectivity index (χ4n) is 1.18. The van der Waals surface area contributed by atoms with Crippen LogP contribution in [-0.2, 0) is 14.9 Å². The van der Waals surface area contributed by atoms with Crippen LogP contribution in [-0.4, -0.2) is 29.6 Å². The SMILES string of the molecule is COC(=O)CNc1cc(NN)nc(C(C)(C)C)n1. The summed E-state index contributed by atoms with van der Waals surface area (Å²) in [5, 5.41) is 2.86. The third-order valence-electron chi connectivity index (χ3n) is 2.19. The van der Waals surface area contributed by atoms with Gasteiger partial charge in [-0.05, 0) is 0 Å². The number of ether oxygens (including phenoxy) is 1. The van der Waals surface area contributed by atoms with Crippen LogP contribution in [0.5, 0.6) is 0 Å². The molecule has 1 heterocycles. The van der Waals surface area contributed by atoms with Crippen molar-refractivity contribution in [3.8, 4) is 0 Å². The van der Waals surface area contributed by atoms with Gasteiger partial charge in [-0.15, -0.1) is 0 Å². The van der Waals surface area contributed by atoms with Crippen LogP contribution in [0.3, 0.4) is 0 Å². The van der Waals surface area contributed by atoms with E-state index in [2.05, 4.69) is 25.4 Å². The smallest absolute Gasteiger partial charge is 0.325 e. The number of methoxy groups -OCH3 is 1. The molecule has 18 heavy (non-hydrogen) atoms. The second kappa shape index (κ2) is 5.63. The molecule has 0 unspecified atom stereocenters. The van der Waals surface area contributed by atoms with E-state index < -0.39 is 0 Å². The van der Waals surface area contributed by atoms with Crippen LogP contribution in [0, 0.1) is 0 Å². The standard InChI is InChI=1S/C11H19N5O2/c1-11(2,3)10-14-7(5-8(15-10)16-12)13-6-9(17)18-4/h5H,6,12H2,1-4H3,(H2,13,14,15,16). The van der Waals surface area contributed by atoms with Crippen LogP contribution in [0.4, 0.5) is 11.6 Å². The van der Waals surface area contributed by atoms with Crippen LogP contribution < -0.4 is 16.6 Å². The van der Waals surface area contributed by atoms with Gasteiger partial charge in [0, 0.05) is 11.5 Å². The predicted octanol–water partition coefficient (Wildman–Crippen LogP) is 0.645. The highest BCUT2D eigenvalue weighted by molar-refractivity contribution is 5.74. The first kappa shape index (κ1) is 14.2. The number of hydrogen-bond donors (Lipinski definition) is 3. The highest BCUT2D eigenvalue weighted by Gasteiger charge is 2.19. The van der Waals surface area contributed by atoms with Gasteiger partial charge in [0.2, 0.25) is 0 Å². The largest absolute Gasteiger partial charge is 0.468 e. The molecule has 4 N–H and O–H groups in total. The van der Waals surface area contributed by atoms with Crippen molar-refractivity contribution in [1.82, 2.24) is 9.97 Å². The molecule has 1 rings (SSSR count). The Morgan fingerprint density at radius 3 is 2.50 bits per heavy atom. The van der Waals surface area contributed by atoms with Crippen molar-refractivity contribution < 1.29 is 9.53 Å². The Morgan fingerprint density at radius 2 is 2.00 bits per heavy atom. The fourth-order valence-corrected chi connectivity index (χ4v) is 1.18. The van der Waals surface area contributed by atoms with Gasteiger partial charge in [0.25, 0.3) is 0 Å². The minimum atomic E-state index is -0.367. The molecule has 1 aromatic rings. The third-order valence-corrected chi connectivity index (χ3v) is 2.19. The lowest BCUT2D eigenvalue weighted by atomic mass is 9.96. The van der Waals surface area contributed by atoms with Crippen LogP contribution >= 0.6 is 0 Å². The molecule has 0 spiro atoms. The molecule has 0 saturated heterocycles. The van der Waals surface area contributed by atoms with E-state index in [9.17, 15) is 4.79 Å². The predicted molar refractivity (Wildman–Crippen MR) is 69.0 cm³/mol. The number of nitrogens with zero attached hydrogens (tertiary/aromatic N) is 2. The molecule has 0 aliphatic carbocycles. The summed E-state index contributed by atoms with van der Waals surface area (Å²) in [4.78, 5) is 19.7. The van der Waals surface area contributed by atoms with E-state index in [1.807, 2.05) is 20.8 Å². The molecule has 0 amide bonds. The summed E-state index contributed by atoms with van der Waals surface area (Å²) in [6.45, 7) is 6.02. The van der Waals surface area contributed by atoms with E-state index in [0.29, 0.717) is 17.5 Å². The number of anilines is 2. The molecule has 1 aromatic heterocycles. The first-order valence-corrected chi connectivity index (χ1v) is 5.53. The number of esters is 1. The first-order valence-electron chi connectivity index (χ1n) is 5.53. The second-order valence-electron chi connectivity index (χ2n) is 4.79. The number of carbonyl (C=O) groups excluding carboxylic acids is 1. The van der Waals surface area contributed by atoms with Crippen LogP contribution in [0.15, 0.2) is 6.07 Å². The lowest BCUT2D eigenvalue weighted by molar-refractivity contribution is -0.138. The van der Waals surface area contributed by atoms with E-state index in [1.165, 1.54) is 7.11 Å². The number of hydrogen-bond acceptors (Lipinski definition) is 7. The molecule has 7 heteroatoms. The van der Waals surface area contributed by atoms with E-state index in [1.54, 1.807) is 6.07 Å². The van der Waals surface area contributed by atoms with Crippen molar-refractivity contribution in [3.63, 3.8) is 0 Å². The lowest BCUT2D eigenvalue weighted by Gasteiger charge is -2.18. The third kappa shape index (κ3) is 3.85. The normalized spacial score (nSPS) is 10.9. The van der Waals surface area contributed by atoms with Crippen molar-refractivity contribution in [2.24, 2.45) is 5.84 Å². The second-order valence-corrected chi connectivity index (χ2v) is 4.79. The summed E-state index contributed by atoms with van der Waals surface area (Å²) in [5.41, 5.74) is 2.26. The van der Waals surface area contributed by atoms with E-state index >= 15 is 0 Å². The van der Waals surface area contributed by atoms with Crippen molar-refractivity contribution in [2.45, 2.75) is 26.2 Å². The Kier molecular flexibility index (Phi) is 4.43. The topological polar surface area (TPSA) is 102 Å². The van der Waals surface area contributed by atoms with Gasteiger partial charge in [0.1, 0.15) is 24.0 Å². The van der Waals surface area contributed by atoms with Crippen molar-refractivity contribution >= 4 is 17.6 Å². The zero-order chi connectivity index (χ0) is 13.8. The number of nitrogen functional groups attached to an aromatic ring is 1. The maximum Gasteiger partial charge on any atom is 0.325 e. The Balaban J connectivity index is 2.94. The molecular formula is C11H19N5O2. The van der Waals surface area contributed by atoms with Crippen molar-refractivity contribution in [3.05, 3.63) is 11.9 Å². The molecule has 0 bridgehead atoms. The van der Waals surface area contributed by atoms with Gasteiger partial charge in [-0.1, -0.05) is 20.8 Å². The summed E-state index contributed by atoms with van der Waals surface area (Å²) in [6, 6.07) is 1.62. The van der Waals surface area contributed by atoms with Crippen LogP contribution in [0.25, 0.3) is 0 Å². The number of carbonyl (C=O) groups is 1. The molecule has 0 atom stereocenters. The van der Waals surface area contributed by atoms with Crippen LogP contribution in [0.1, 0.15) is 26.6 Å². The maximum absolute atomic E-state index is 11.1. The Bertz CT molecular complexity index is 428. The van der Waals surface area contributed by atoms with Gasteiger partial charge >= 0.3 is 5.97 Å². The van der Waals surface area contributed by atoms with Gasteiger partial charge in [-0.2, -0.15) is 0 Å². The first-order chi connectivity index (χ1) is 8.36. The van der Waals surface area contributed by atoms with Gasteiger partial charge in [-0.25, -0.2) is 15.8 Å². The molecule has 0 fully saturated rings. The molecular weight excluding hydrogens is 234 g/mol. The highest BCUT2D eigenvalue weighted by atomic mass is 16.5. The minimum Gasteiger partial charge on any atom is -0.468 e. The summed E-state index contributed by atoms with van der Waals surface area (Å²) in [6.07, 6.45) is 0. The highest BCUT2D eigenvalue weighted by Crippen LogP contribution is 2.21. The van der Waals surface area contributed by atoms with E-state index in [0.717, 1.165) is 0 Å². The van der Waals surface area contributed by atoms with Gasteiger partial charge < -0.3 is 15.5 Å². The Morgan fingerprint density at radius 1 is 1.39 bits per heavy atom. The quantitative estimate of drug-likeness (QED) is 0.411. The molecule has 0 aromatic carbocycles. The molecule has 0 aliphatic rings. The number of nitrogens with two attached hydrogens (primary N) is 1. The summed E-state index contributed by atoms with van der Waals surface area (Å²) < 4.78 is 4.54. The number of nitrogens with one attached hydrogen (secondary N) is 2. The number of aromatic nitrogens is 2. The zero-order valence-electron chi connectivity index (χ0n) is 11.1. The van der Waals surface area contributed by atoms with E-state index in [4.69, 9.17) is 5.84 Å². The van der Waals surface area contributed by atoms with Gasteiger partial charge in [-0.3, -0.25) is 4.79 Å². The monoisotopic (exact) mass is 253 g/mol. The van der Waals surface area contributed by atoms with Crippen molar-refractivity contribution in [1.29, 1.82) is 0 Å². The van der Waals surface area contributed by atoms with Gasteiger partial charge in [0.15, 0.2) is 0 Å². The number of hydrazine groups is 1. The molecule has 0 radical (unpaired) electrons. The summed E-state index contributed by atoms with van der Waals surface area (Å²) >= 11 is 0. The maximum atomic E-state index is 11.1. The molecule has 0 aliphatic heterocycles. The fraction of sp³-hybridized carbons (Fsp3) is 0.545. The van der Waals surface area contributed by atoms with E-state index in [-0.39, 0.29) is 17.9 Å². The molecule has 0 saturated carbocycles. The van der Waals surface area contributed by atoms with Crippen molar-refractivity contribution in [2.75, 3.05) is 24.4 Å². The number of rotatable bonds is 4. The average Bonchev–Trinajstić information content (AvgIpc) is 2.34.